The molecular weight excluding hydrogens is 404 g/mol. The van der Waals surface area contributed by atoms with E-state index in [1.54, 1.807) is 0 Å². The van der Waals surface area contributed by atoms with Gasteiger partial charge in [-0.2, -0.15) is 4.99 Å². The van der Waals surface area contributed by atoms with E-state index in [-0.39, 0.29) is 35.5 Å². The van der Waals surface area contributed by atoms with Gasteiger partial charge >= 0.3 is 0 Å². The van der Waals surface area contributed by atoms with Crippen molar-refractivity contribution in [2.45, 2.75) is 36.8 Å². The Morgan fingerprint density at radius 3 is 2.93 bits per heavy atom. The van der Waals surface area contributed by atoms with Crippen LogP contribution in [0.2, 0.25) is 0 Å². The molecule has 4 heterocycles. The molecule has 0 bridgehead atoms. The Balaban J connectivity index is 1.42. The first-order valence-electron chi connectivity index (χ1n) is 9.25. The Morgan fingerprint density at radius 2 is 2.11 bits per heavy atom. The second-order valence-corrected chi connectivity index (χ2v) is 10.7. The van der Waals surface area contributed by atoms with Crippen LogP contribution in [-0.4, -0.2) is 66.7 Å². The van der Waals surface area contributed by atoms with E-state index in [1.807, 2.05) is 23.1 Å². The summed E-state index contributed by atoms with van der Waals surface area (Å²) in [6.07, 6.45) is 1.06. The molecule has 150 valence electrons. The minimum Gasteiger partial charge on any atom is -0.454 e. The smallest absolute Gasteiger partial charge is 0.277 e. The first-order chi connectivity index (χ1) is 13.5. The topological polar surface area (TPSA) is 94.5 Å². The van der Waals surface area contributed by atoms with Gasteiger partial charge in [-0.3, -0.25) is 4.79 Å². The molecule has 4 aliphatic heterocycles. The Hall–Kier alpha value is -1.78. The van der Waals surface area contributed by atoms with Crippen LogP contribution in [0.1, 0.15) is 18.4 Å². The summed E-state index contributed by atoms with van der Waals surface area (Å²) in [6.45, 7) is 1.24. The van der Waals surface area contributed by atoms with E-state index in [0.29, 0.717) is 36.2 Å². The predicted octanol–water partition coefficient (Wildman–Crippen LogP) is 1.19. The molecule has 0 unspecified atom stereocenters. The lowest BCUT2D eigenvalue weighted by Gasteiger charge is -2.24. The van der Waals surface area contributed by atoms with Gasteiger partial charge in [0.1, 0.15) is 6.10 Å². The maximum absolute atomic E-state index is 12.5. The molecule has 1 aromatic rings. The molecule has 1 aromatic carbocycles. The standard InChI is InChI=1S/C18H20N2O6S2/c21-17(14-2-1-5-24-14)19-18-20(12-8-28(22,23)9-16(12)27-18)7-11-3-4-13-15(6-11)26-10-25-13/h3-4,6,12,14,16H,1-2,5,7-10H2/t12-,14-,16-/m1/s1. The predicted molar refractivity (Wildman–Crippen MR) is 103 cm³/mol. The zero-order chi connectivity index (χ0) is 19.3. The Morgan fingerprint density at radius 1 is 1.25 bits per heavy atom. The van der Waals surface area contributed by atoms with Gasteiger partial charge in [0.05, 0.1) is 17.5 Å². The molecule has 0 radical (unpaired) electrons. The van der Waals surface area contributed by atoms with Crippen LogP contribution in [-0.2, 0) is 25.9 Å². The number of hydrogen-bond donors (Lipinski definition) is 0. The molecule has 3 fully saturated rings. The van der Waals surface area contributed by atoms with Crippen LogP contribution in [0.4, 0.5) is 0 Å². The van der Waals surface area contributed by atoms with Crippen LogP contribution in [0, 0.1) is 0 Å². The van der Waals surface area contributed by atoms with Gasteiger partial charge in [0.15, 0.2) is 26.5 Å². The number of aliphatic imine (C=N–C) groups is 1. The molecule has 1 amide bonds. The number of amides is 1. The lowest BCUT2D eigenvalue weighted by Crippen LogP contribution is -2.37. The summed E-state index contributed by atoms with van der Waals surface area (Å²) < 4.78 is 40.5. The normalized spacial score (nSPS) is 31.5. The molecule has 4 aliphatic rings. The molecule has 3 saturated heterocycles. The molecule has 0 aliphatic carbocycles. The van der Waals surface area contributed by atoms with E-state index < -0.39 is 15.9 Å². The van der Waals surface area contributed by atoms with E-state index in [4.69, 9.17) is 14.2 Å². The molecular formula is C18H20N2O6S2. The van der Waals surface area contributed by atoms with Crippen molar-refractivity contribution in [2.75, 3.05) is 24.9 Å². The number of hydrogen-bond acceptors (Lipinski definition) is 7. The zero-order valence-electron chi connectivity index (χ0n) is 15.1. The van der Waals surface area contributed by atoms with Gasteiger partial charge in [0.2, 0.25) is 6.79 Å². The highest BCUT2D eigenvalue weighted by atomic mass is 32.2. The van der Waals surface area contributed by atoms with Crippen molar-refractivity contribution < 1.29 is 27.4 Å². The quantitative estimate of drug-likeness (QED) is 0.714. The van der Waals surface area contributed by atoms with Crippen molar-refractivity contribution in [3.05, 3.63) is 23.8 Å². The van der Waals surface area contributed by atoms with Gasteiger partial charge in [-0.1, -0.05) is 17.8 Å². The van der Waals surface area contributed by atoms with Crippen molar-refractivity contribution in [3.8, 4) is 11.5 Å². The lowest BCUT2D eigenvalue weighted by molar-refractivity contribution is -0.126. The number of benzene rings is 1. The summed E-state index contributed by atoms with van der Waals surface area (Å²) >= 11 is 1.39. The highest BCUT2D eigenvalue weighted by Gasteiger charge is 2.49. The van der Waals surface area contributed by atoms with E-state index in [1.165, 1.54) is 11.8 Å². The average molecular weight is 425 g/mol. The monoisotopic (exact) mass is 424 g/mol. The molecule has 0 aromatic heterocycles. The van der Waals surface area contributed by atoms with Crippen LogP contribution < -0.4 is 9.47 Å². The minimum absolute atomic E-state index is 0.0857. The number of carbonyl (C=O) groups excluding carboxylic acids is 1. The van der Waals surface area contributed by atoms with Crippen LogP contribution in [0.5, 0.6) is 11.5 Å². The third kappa shape index (κ3) is 3.37. The maximum Gasteiger partial charge on any atom is 0.277 e. The second kappa shape index (κ2) is 6.93. The zero-order valence-corrected chi connectivity index (χ0v) is 16.7. The van der Waals surface area contributed by atoms with Crippen molar-refractivity contribution in [3.63, 3.8) is 0 Å². The van der Waals surface area contributed by atoms with Gasteiger partial charge in [0, 0.05) is 18.4 Å². The number of fused-ring (bicyclic) bond motifs is 2. The van der Waals surface area contributed by atoms with Gasteiger partial charge in [0.25, 0.3) is 5.91 Å². The fourth-order valence-corrected chi connectivity index (χ4v) is 7.95. The third-order valence-corrected chi connectivity index (χ3v) is 8.62. The largest absolute Gasteiger partial charge is 0.454 e. The highest BCUT2D eigenvalue weighted by Crippen LogP contribution is 2.40. The molecule has 0 saturated carbocycles. The number of nitrogens with zero attached hydrogens (tertiary/aromatic N) is 2. The van der Waals surface area contributed by atoms with E-state index in [2.05, 4.69) is 4.99 Å². The Bertz CT molecular complexity index is 941. The summed E-state index contributed by atoms with van der Waals surface area (Å²) in [5.41, 5.74) is 0.951. The molecule has 8 nitrogen and oxygen atoms in total. The Labute approximate surface area is 167 Å². The van der Waals surface area contributed by atoms with Crippen molar-refractivity contribution in [1.29, 1.82) is 0 Å². The lowest BCUT2D eigenvalue weighted by atomic mass is 10.1. The van der Waals surface area contributed by atoms with Crippen molar-refractivity contribution >= 4 is 32.7 Å². The summed E-state index contributed by atoms with van der Waals surface area (Å²) in [4.78, 5) is 18.8. The van der Waals surface area contributed by atoms with Crippen LogP contribution in [0.25, 0.3) is 0 Å². The molecule has 28 heavy (non-hydrogen) atoms. The van der Waals surface area contributed by atoms with Crippen LogP contribution in [0.15, 0.2) is 23.2 Å². The molecule has 5 rings (SSSR count). The third-order valence-electron chi connectivity index (χ3n) is 5.38. The minimum atomic E-state index is -3.08. The first kappa shape index (κ1) is 18.3. The average Bonchev–Trinajstić information content (AvgIpc) is 3.41. The highest BCUT2D eigenvalue weighted by molar-refractivity contribution is 8.15. The fraction of sp³-hybridized carbons (Fsp3) is 0.556. The summed E-state index contributed by atoms with van der Waals surface area (Å²) in [5.74, 6) is 1.30. The first-order valence-corrected chi connectivity index (χ1v) is 11.9. The summed E-state index contributed by atoms with van der Waals surface area (Å²) in [6, 6.07) is 5.48. The maximum atomic E-state index is 12.5. The number of rotatable bonds is 3. The van der Waals surface area contributed by atoms with Gasteiger partial charge in [-0.25, -0.2) is 8.42 Å². The van der Waals surface area contributed by atoms with Crippen LogP contribution >= 0.6 is 11.8 Å². The summed E-state index contributed by atoms with van der Waals surface area (Å²) in [5, 5.41) is 0.484. The van der Waals surface area contributed by atoms with Crippen LogP contribution in [0.3, 0.4) is 0 Å². The second-order valence-electron chi connectivity index (χ2n) is 7.35. The summed E-state index contributed by atoms with van der Waals surface area (Å²) in [7, 11) is -3.08. The van der Waals surface area contributed by atoms with Gasteiger partial charge in [-0.15, -0.1) is 0 Å². The van der Waals surface area contributed by atoms with E-state index >= 15 is 0 Å². The molecule has 0 N–H and O–H groups in total. The molecule has 10 heteroatoms. The van der Waals surface area contributed by atoms with Crippen molar-refractivity contribution in [1.82, 2.24) is 4.90 Å². The van der Waals surface area contributed by atoms with Gasteiger partial charge < -0.3 is 19.1 Å². The number of ether oxygens (including phenoxy) is 3. The van der Waals surface area contributed by atoms with E-state index in [9.17, 15) is 13.2 Å². The molecule has 0 spiro atoms. The number of amidine groups is 1. The number of sulfone groups is 1. The molecule has 3 atom stereocenters. The van der Waals surface area contributed by atoms with E-state index in [0.717, 1.165) is 12.0 Å². The number of carbonyl (C=O) groups is 1. The van der Waals surface area contributed by atoms with Crippen molar-refractivity contribution in [2.24, 2.45) is 4.99 Å². The SMILES string of the molecule is O=C(N=C1S[C@@H]2CS(=O)(=O)C[C@H]2N1Cc1ccc2c(c1)OCO2)[C@H]1CCCO1. The van der Waals surface area contributed by atoms with Gasteiger partial charge in [-0.05, 0) is 30.5 Å². The fourth-order valence-electron chi connectivity index (χ4n) is 4.00. The Kier molecular flexibility index (Phi) is 4.52. The number of thioether (sulfide) groups is 1.